The first-order valence-electron chi connectivity index (χ1n) is 9.41. The standard InChI is InChI=1S/C22H13Cl2F7N2O2/c1-34-15-6-10(2-5-14(15)35-9-11-3-4-12(23)7-13(11)24)8-32-33-21-19(27)17(25)16(22(29,30)31)18(26)20(21)28/h2-8,33H,9H2,1H3/b32-8-. The maximum atomic E-state index is 13.9. The lowest BCUT2D eigenvalue weighted by Gasteiger charge is -2.13. The average Bonchev–Trinajstić information content (AvgIpc) is 2.79. The van der Waals surface area contributed by atoms with E-state index in [1.54, 1.807) is 23.6 Å². The van der Waals surface area contributed by atoms with Crippen LogP contribution in [0.5, 0.6) is 11.5 Å². The lowest BCUT2D eigenvalue weighted by molar-refractivity contribution is -0.143. The zero-order valence-corrected chi connectivity index (χ0v) is 18.9. The van der Waals surface area contributed by atoms with Crippen LogP contribution in [-0.4, -0.2) is 13.3 Å². The van der Waals surface area contributed by atoms with E-state index in [9.17, 15) is 30.7 Å². The van der Waals surface area contributed by atoms with Crippen LogP contribution in [0.1, 0.15) is 16.7 Å². The summed E-state index contributed by atoms with van der Waals surface area (Å²) in [7, 11) is 1.34. The van der Waals surface area contributed by atoms with E-state index in [1.807, 2.05) is 0 Å². The first-order valence-corrected chi connectivity index (χ1v) is 10.2. The van der Waals surface area contributed by atoms with Crippen LogP contribution in [-0.2, 0) is 12.8 Å². The van der Waals surface area contributed by atoms with Crippen molar-refractivity contribution in [1.82, 2.24) is 0 Å². The van der Waals surface area contributed by atoms with Crippen molar-refractivity contribution in [3.05, 3.63) is 86.4 Å². The SMILES string of the molecule is COc1cc(/C=N\Nc2c(F)c(F)c(C(F)(F)F)c(F)c2F)ccc1OCc1ccc(Cl)cc1Cl. The molecule has 0 aliphatic rings. The van der Waals surface area contributed by atoms with Crippen molar-refractivity contribution in [2.75, 3.05) is 12.5 Å². The van der Waals surface area contributed by atoms with Crippen molar-refractivity contribution in [3.63, 3.8) is 0 Å². The largest absolute Gasteiger partial charge is 0.493 e. The summed E-state index contributed by atoms with van der Waals surface area (Å²) in [5.74, 6) is -9.24. The topological polar surface area (TPSA) is 42.8 Å². The van der Waals surface area contributed by atoms with Crippen LogP contribution < -0.4 is 14.9 Å². The maximum Gasteiger partial charge on any atom is 0.422 e. The Morgan fingerprint density at radius 1 is 0.914 bits per heavy atom. The summed E-state index contributed by atoms with van der Waals surface area (Å²) in [6.45, 7) is 0.0744. The highest BCUT2D eigenvalue weighted by molar-refractivity contribution is 6.35. The number of halogens is 9. The quantitative estimate of drug-likeness (QED) is 0.145. The minimum atomic E-state index is -5.64. The molecule has 13 heteroatoms. The molecule has 35 heavy (non-hydrogen) atoms. The number of methoxy groups -OCH3 is 1. The number of hydrazone groups is 1. The Morgan fingerprint density at radius 2 is 1.57 bits per heavy atom. The van der Waals surface area contributed by atoms with Crippen molar-refractivity contribution < 1.29 is 40.2 Å². The van der Waals surface area contributed by atoms with Crippen molar-refractivity contribution in [3.8, 4) is 11.5 Å². The van der Waals surface area contributed by atoms with Crippen LogP contribution in [0.2, 0.25) is 10.0 Å². The molecule has 0 aliphatic carbocycles. The molecule has 0 amide bonds. The molecule has 3 rings (SSSR count). The Bertz CT molecular complexity index is 1250. The molecule has 0 radical (unpaired) electrons. The highest BCUT2D eigenvalue weighted by atomic mass is 35.5. The molecule has 0 unspecified atom stereocenters. The Balaban J connectivity index is 1.78. The molecule has 3 aromatic rings. The number of benzene rings is 3. The third-order valence-corrected chi connectivity index (χ3v) is 5.11. The number of nitrogens with zero attached hydrogens (tertiary/aromatic N) is 1. The fourth-order valence-corrected chi connectivity index (χ4v) is 3.29. The Kier molecular flexibility index (Phi) is 8.01. The van der Waals surface area contributed by atoms with E-state index in [-0.39, 0.29) is 17.9 Å². The number of alkyl halides is 3. The van der Waals surface area contributed by atoms with Gasteiger partial charge in [-0.1, -0.05) is 29.3 Å². The maximum absolute atomic E-state index is 13.9. The third kappa shape index (κ3) is 5.91. The molecule has 1 N–H and O–H groups in total. The monoisotopic (exact) mass is 540 g/mol. The summed E-state index contributed by atoms with van der Waals surface area (Å²) >= 11 is 11.9. The lowest BCUT2D eigenvalue weighted by Crippen LogP contribution is -2.16. The van der Waals surface area contributed by atoms with Gasteiger partial charge in [-0.2, -0.15) is 18.3 Å². The Labute approximate surface area is 203 Å². The van der Waals surface area contributed by atoms with Crippen molar-refractivity contribution in [2.24, 2.45) is 5.10 Å². The van der Waals surface area contributed by atoms with Crippen LogP contribution in [0.15, 0.2) is 41.5 Å². The molecule has 0 aromatic heterocycles. The first kappa shape index (κ1) is 26.4. The fourth-order valence-electron chi connectivity index (χ4n) is 2.83. The van der Waals surface area contributed by atoms with Gasteiger partial charge in [-0.3, -0.25) is 5.43 Å². The van der Waals surface area contributed by atoms with Gasteiger partial charge < -0.3 is 9.47 Å². The molecule has 0 fully saturated rings. The van der Waals surface area contributed by atoms with E-state index in [1.165, 1.54) is 25.3 Å². The molecule has 0 aliphatic heterocycles. The number of rotatable bonds is 7. The van der Waals surface area contributed by atoms with E-state index >= 15 is 0 Å². The molecule has 0 saturated heterocycles. The highest BCUT2D eigenvalue weighted by Gasteiger charge is 2.42. The number of nitrogens with one attached hydrogen (secondary N) is 1. The van der Waals surface area contributed by atoms with Crippen LogP contribution in [0.3, 0.4) is 0 Å². The molecule has 186 valence electrons. The van der Waals surface area contributed by atoms with E-state index in [0.717, 1.165) is 6.21 Å². The molecule has 0 heterocycles. The molecular weight excluding hydrogens is 528 g/mol. The van der Waals surface area contributed by atoms with Gasteiger partial charge in [0.2, 0.25) is 0 Å². The van der Waals surface area contributed by atoms with Crippen LogP contribution >= 0.6 is 23.2 Å². The summed E-state index contributed by atoms with van der Waals surface area (Å²) < 4.78 is 104. The number of hydrogen-bond donors (Lipinski definition) is 1. The minimum Gasteiger partial charge on any atom is -0.493 e. The lowest BCUT2D eigenvalue weighted by atomic mass is 10.1. The minimum absolute atomic E-state index is 0.0744. The number of anilines is 1. The number of ether oxygens (including phenoxy) is 2. The summed E-state index contributed by atoms with van der Waals surface area (Å²) in [6.07, 6.45) is -4.66. The van der Waals surface area contributed by atoms with Crippen molar-refractivity contribution in [1.29, 1.82) is 0 Å². The van der Waals surface area contributed by atoms with Gasteiger partial charge in [0, 0.05) is 15.6 Å². The molecule has 0 bridgehead atoms. The molecule has 3 aromatic carbocycles. The van der Waals surface area contributed by atoms with Gasteiger partial charge in [-0.05, 0) is 35.9 Å². The van der Waals surface area contributed by atoms with E-state index in [2.05, 4.69) is 5.10 Å². The average molecular weight is 541 g/mol. The van der Waals surface area contributed by atoms with Gasteiger partial charge in [0.25, 0.3) is 0 Å². The van der Waals surface area contributed by atoms with Crippen LogP contribution in [0.25, 0.3) is 0 Å². The zero-order valence-electron chi connectivity index (χ0n) is 17.4. The first-order chi connectivity index (χ1) is 16.4. The smallest absolute Gasteiger partial charge is 0.422 e. The van der Waals surface area contributed by atoms with E-state index in [4.69, 9.17) is 32.7 Å². The molecule has 0 atom stereocenters. The fraction of sp³-hybridized carbons (Fsp3) is 0.136. The van der Waals surface area contributed by atoms with Gasteiger partial charge in [-0.15, -0.1) is 0 Å². The predicted molar refractivity (Wildman–Crippen MR) is 116 cm³/mol. The van der Waals surface area contributed by atoms with Gasteiger partial charge in [0.1, 0.15) is 17.9 Å². The van der Waals surface area contributed by atoms with Crippen LogP contribution in [0.4, 0.5) is 36.4 Å². The number of hydrogen-bond acceptors (Lipinski definition) is 4. The van der Waals surface area contributed by atoms with E-state index < -0.39 is 40.7 Å². The summed E-state index contributed by atoms with van der Waals surface area (Å²) in [4.78, 5) is 0. The van der Waals surface area contributed by atoms with Gasteiger partial charge in [0.05, 0.1) is 13.3 Å². The molecule has 0 saturated carbocycles. The summed E-state index contributed by atoms with van der Waals surface area (Å²) in [5.41, 5.74) is -1.61. The highest BCUT2D eigenvalue weighted by Crippen LogP contribution is 2.38. The molecular formula is C22H13Cl2F7N2O2. The second-order valence-corrected chi connectivity index (χ2v) is 7.65. The summed E-state index contributed by atoms with van der Waals surface area (Å²) in [6, 6.07) is 9.19. The van der Waals surface area contributed by atoms with Gasteiger partial charge >= 0.3 is 6.18 Å². The normalized spacial score (nSPS) is 11.7. The second kappa shape index (κ2) is 10.6. The van der Waals surface area contributed by atoms with Crippen LogP contribution in [0, 0.1) is 23.3 Å². The van der Waals surface area contributed by atoms with Crippen molar-refractivity contribution >= 4 is 35.1 Å². The van der Waals surface area contributed by atoms with Gasteiger partial charge in [-0.25, -0.2) is 17.6 Å². The van der Waals surface area contributed by atoms with Gasteiger partial charge in [0.15, 0.2) is 34.8 Å². The van der Waals surface area contributed by atoms with Crippen molar-refractivity contribution in [2.45, 2.75) is 12.8 Å². The summed E-state index contributed by atoms with van der Waals surface area (Å²) in [5, 5.41) is 4.27. The van der Waals surface area contributed by atoms with E-state index in [0.29, 0.717) is 21.4 Å². The Hall–Kier alpha value is -3.18. The molecule has 0 spiro atoms. The Morgan fingerprint density at radius 3 is 2.14 bits per heavy atom. The predicted octanol–water partition coefficient (Wildman–Crippen LogP) is 7.60. The third-order valence-electron chi connectivity index (χ3n) is 4.52. The second-order valence-electron chi connectivity index (χ2n) is 6.81. The molecule has 4 nitrogen and oxygen atoms in total. The zero-order chi connectivity index (χ0) is 25.9.